The first-order valence-corrected chi connectivity index (χ1v) is 7.70. The smallest absolute Gasteiger partial charge is 0.410 e. The lowest BCUT2D eigenvalue weighted by molar-refractivity contribution is -0.121. The van der Waals surface area contributed by atoms with Crippen LogP contribution in [0.2, 0.25) is 0 Å². The van der Waals surface area contributed by atoms with Gasteiger partial charge in [0.1, 0.15) is 13.2 Å². The van der Waals surface area contributed by atoms with Crippen LogP contribution in [0, 0.1) is 6.92 Å². The molecular formula is C16H18N4O4. The number of benzene rings is 1. The van der Waals surface area contributed by atoms with Crippen molar-refractivity contribution in [1.82, 2.24) is 20.4 Å². The van der Waals surface area contributed by atoms with Crippen LogP contribution in [-0.2, 0) is 16.0 Å². The van der Waals surface area contributed by atoms with Crippen molar-refractivity contribution in [3.63, 3.8) is 0 Å². The number of ether oxygens (including phenoxy) is 1. The molecule has 3 rings (SSSR count). The molecule has 8 heteroatoms. The summed E-state index contributed by atoms with van der Waals surface area (Å²) in [4.78, 5) is 28.7. The number of rotatable bonds is 6. The molecule has 1 aliphatic rings. The van der Waals surface area contributed by atoms with E-state index in [0.29, 0.717) is 37.8 Å². The van der Waals surface area contributed by atoms with E-state index in [2.05, 4.69) is 15.5 Å². The van der Waals surface area contributed by atoms with Gasteiger partial charge in [0.05, 0.1) is 6.54 Å². The normalized spacial score (nSPS) is 13.9. The molecule has 24 heavy (non-hydrogen) atoms. The first-order chi connectivity index (χ1) is 11.6. The van der Waals surface area contributed by atoms with E-state index in [0.717, 1.165) is 11.1 Å². The zero-order chi connectivity index (χ0) is 16.9. The molecule has 0 aliphatic carbocycles. The summed E-state index contributed by atoms with van der Waals surface area (Å²) in [5.74, 6) is 0.731. The van der Waals surface area contributed by atoms with E-state index in [4.69, 9.17) is 9.26 Å². The summed E-state index contributed by atoms with van der Waals surface area (Å²) in [7, 11) is 0. The fourth-order valence-electron chi connectivity index (χ4n) is 2.28. The Morgan fingerprint density at radius 1 is 1.33 bits per heavy atom. The number of aryl methyl sites for hydroxylation is 1. The van der Waals surface area contributed by atoms with Crippen LogP contribution in [0.1, 0.15) is 11.5 Å². The largest absolute Gasteiger partial charge is 0.448 e. The van der Waals surface area contributed by atoms with Crippen molar-refractivity contribution in [2.24, 2.45) is 0 Å². The van der Waals surface area contributed by atoms with Gasteiger partial charge in [0.2, 0.25) is 17.6 Å². The maximum atomic E-state index is 11.8. The van der Waals surface area contributed by atoms with Crippen molar-refractivity contribution in [2.45, 2.75) is 13.3 Å². The molecule has 1 fully saturated rings. The Morgan fingerprint density at radius 3 is 2.83 bits per heavy atom. The lowest BCUT2D eigenvalue weighted by Crippen LogP contribution is -2.38. The molecule has 0 unspecified atom stereocenters. The van der Waals surface area contributed by atoms with E-state index in [9.17, 15) is 9.59 Å². The molecule has 2 heterocycles. The van der Waals surface area contributed by atoms with E-state index < -0.39 is 6.09 Å². The minimum absolute atomic E-state index is 0.00270. The second kappa shape index (κ2) is 7.12. The van der Waals surface area contributed by atoms with Crippen LogP contribution in [0.15, 0.2) is 28.8 Å². The number of hydrogen-bond acceptors (Lipinski definition) is 6. The highest BCUT2D eigenvalue weighted by atomic mass is 16.6. The number of carbonyl (C=O) groups excluding carboxylic acids is 2. The number of hydrogen-bond donors (Lipinski definition) is 1. The number of cyclic esters (lactones) is 1. The Labute approximate surface area is 138 Å². The number of aromatic nitrogens is 2. The summed E-state index contributed by atoms with van der Waals surface area (Å²) in [6.45, 7) is 3.14. The maximum Gasteiger partial charge on any atom is 0.410 e. The van der Waals surface area contributed by atoms with E-state index >= 15 is 0 Å². The van der Waals surface area contributed by atoms with Crippen molar-refractivity contribution < 1.29 is 18.8 Å². The van der Waals surface area contributed by atoms with Gasteiger partial charge in [0, 0.05) is 18.5 Å². The van der Waals surface area contributed by atoms with Gasteiger partial charge in [0.15, 0.2) is 0 Å². The zero-order valence-corrected chi connectivity index (χ0v) is 13.3. The molecule has 126 valence electrons. The molecule has 2 aromatic rings. The third kappa shape index (κ3) is 3.89. The van der Waals surface area contributed by atoms with Crippen LogP contribution in [0.3, 0.4) is 0 Å². The molecular weight excluding hydrogens is 312 g/mol. The zero-order valence-electron chi connectivity index (χ0n) is 13.3. The Bertz CT molecular complexity index is 726. The van der Waals surface area contributed by atoms with Crippen molar-refractivity contribution in [3.8, 4) is 11.4 Å². The van der Waals surface area contributed by atoms with Gasteiger partial charge in [-0.1, -0.05) is 35.0 Å². The molecule has 1 aromatic heterocycles. The van der Waals surface area contributed by atoms with Crippen LogP contribution in [0.5, 0.6) is 0 Å². The monoisotopic (exact) mass is 330 g/mol. The summed E-state index contributed by atoms with van der Waals surface area (Å²) in [6.07, 6.45) is -0.0283. The molecule has 0 atom stereocenters. The summed E-state index contributed by atoms with van der Waals surface area (Å²) in [5, 5.41) is 6.66. The first kappa shape index (κ1) is 16.0. The molecule has 1 aromatic carbocycles. The second-order valence-electron chi connectivity index (χ2n) is 5.51. The van der Waals surface area contributed by atoms with Gasteiger partial charge >= 0.3 is 6.09 Å². The Balaban J connectivity index is 1.46. The summed E-state index contributed by atoms with van der Waals surface area (Å²) >= 11 is 0. The molecule has 0 bridgehead atoms. The van der Waals surface area contributed by atoms with Crippen LogP contribution in [0.4, 0.5) is 4.79 Å². The number of amides is 2. The van der Waals surface area contributed by atoms with Crippen LogP contribution >= 0.6 is 0 Å². The van der Waals surface area contributed by atoms with E-state index in [1.54, 1.807) is 0 Å². The Kier molecular flexibility index (Phi) is 4.74. The van der Waals surface area contributed by atoms with Gasteiger partial charge in [0.25, 0.3) is 0 Å². The van der Waals surface area contributed by atoms with Gasteiger partial charge in [-0.3, -0.25) is 9.69 Å². The standard InChI is InChI=1S/C16H18N4O4/c1-11-2-4-12(5-3-11)15-18-14(24-19-15)6-7-17-13(21)10-20-8-9-23-16(20)22/h2-5H,6-10H2,1H3,(H,17,21). The average Bonchev–Trinajstić information content (AvgIpc) is 3.18. The van der Waals surface area contributed by atoms with Crippen molar-refractivity contribution in [2.75, 3.05) is 26.2 Å². The quantitative estimate of drug-likeness (QED) is 0.853. The van der Waals surface area contributed by atoms with Crippen molar-refractivity contribution in [3.05, 3.63) is 35.7 Å². The summed E-state index contributed by atoms with van der Waals surface area (Å²) in [6, 6.07) is 7.83. The van der Waals surface area contributed by atoms with Crippen LogP contribution in [0.25, 0.3) is 11.4 Å². The molecule has 1 N–H and O–H groups in total. The van der Waals surface area contributed by atoms with Gasteiger partial charge in [-0.2, -0.15) is 4.98 Å². The topological polar surface area (TPSA) is 97.6 Å². The van der Waals surface area contributed by atoms with E-state index in [-0.39, 0.29) is 12.5 Å². The summed E-state index contributed by atoms with van der Waals surface area (Å²) < 4.78 is 9.95. The molecule has 0 saturated carbocycles. The lowest BCUT2D eigenvalue weighted by atomic mass is 10.1. The van der Waals surface area contributed by atoms with Gasteiger partial charge < -0.3 is 14.6 Å². The third-order valence-electron chi connectivity index (χ3n) is 3.62. The average molecular weight is 330 g/mol. The van der Waals surface area contributed by atoms with E-state index in [1.165, 1.54) is 4.90 Å². The van der Waals surface area contributed by atoms with Crippen molar-refractivity contribution in [1.29, 1.82) is 0 Å². The number of nitrogens with one attached hydrogen (secondary N) is 1. The van der Waals surface area contributed by atoms with Crippen molar-refractivity contribution >= 4 is 12.0 Å². The number of nitrogens with zero attached hydrogens (tertiary/aromatic N) is 3. The van der Waals surface area contributed by atoms with Gasteiger partial charge in [-0.05, 0) is 6.92 Å². The van der Waals surface area contributed by atoms with Crippen LogP contribution < -0.4 is 5.32 Å². The fourth-order valence-corrected chi connectivity index (χ4v) is 2.28. The van der Waals surface area contributed by atoms with Gasteiger partial charge in [-0.25, -0.2) is 4.79 Å². The molecule has 8 nitrogen and oxygen atoms in total. The maximum absolute atomic E-state index is 11.8. The highest BCUT2D eigenvalue weighted by Crippen LogP contribution is 2.16. The highest BCUT2D eigenvalue weighted by molar-refractivity contribution is 5.82. The summed E-state index contributed by atoms with van der Waals surface area (Å²) in [5.41, 5.74) is 2.04. The molecule has 2 amide bonds. The third-order valence-corrected chi connectivity index (χ3v) is 3.62. The fraction of sp³-hybridized carbons (Fsp3) is 0.375. The second-order valence-corrected chi connectivity index (χ2v) is 5.51. The Hall–Kier alpha value is -2.90. The predicted molar refractivity (Wildman–Crippen MR) is 84.1 cm³/mol. The minimum atomic E-state index is -0.454. The van der Waals surface area contributed by atoms with E-state index in [1.807, 2.05) is 31.2 Å². The first-order valence-electron chi connectivity index (χ1n) is 7.70. The number of carbonyl (C=O) groups is 2. The Morgan fingerprint density at radius 2 is 2.12 bits per heavy atom. The lowest BCUT2D eigenvalue weighted by Gasteiger charge is -2.11. The SMILES string of the molecule is Cc1ccc(-c2noc(CCNC(=O)CN3CCOC3=O)n2)cc1. The highest BCUT2D eigenvalue weighted by Gasteiger charge is 2.23. The molecule has 1 aliphatic heterocycles. The van der Waals surface area contributed by atoms with Gasteiger partial charge in [-0.15, -0.1) is 0 Å². The van der Waals surface area contributed by atoms with Crippen LogP contribution in [-0.4, -0.2) is 53.3 Å². The predicted octanol–water partition coefficient (Wildman–Crippen LogP) is 1.16. The molecule has 0 radical (unpaired) electrons. The molecule has 1 saturated heterocycles. The molecule has 0 spiro atoms. The minimum Gasteiger partial charge on any atom is -0.448 e.